The Balaban J connectivity index is 1.54. The maximum absolute atomic E-state index is 13.7. The number of anilines is 1. The van der Waals surface area contributed by atoms with Crippen molar-refractivity contribution in [3.05, 3.63) is 83.7 Å². The second kappa shape index (κ2) is 8.65. The van der Waals surface area contributed by atoms with Crippen molar-refractivity contribution in [2.24, 2.45) is 0 Å². The summed E-state index contributed by atoms with van der Waals surface area (Å²) in [7, 11) is -4.03. The van der Waals surface area contributed by atoms with E-state index in [1.165, 1.54) is 48.5 Å². The van der Waals surface area contributed by atoms with E-state index in [4.69, 9.17) is 14.2 Å². The molecule has 0 aliphatic carbocycles. The molecule has 4 rings (SSSR count). The Morgan fingerprint density at radius 1 is 0.968 bits per heavy atom. The molecule has 0 atom stereocenters. The molecule has 0 spiro atoms. The lowest BCUT2D eigenvalue weighted by molar-refractivity contribution is 0.0470. The van der Waals surface area contributed by atoms with Gasteiger partial charge >= 0.3 is 5.97 Å². The summed E-state index contributed by atoms with van der Waals surface area (Å²) < 4.78 is 57.9. The number of hydrogen-bond acceptors (Lipinski definition) is 6. The zero-order valence-electron chi connectivity index (χ0n) is 16.2. The highest BCUT2D eigenvalue weighted by molar-refractivity contribution is 7.92. The van der Waals surface area contributed by atoms with Gasteiger partial charge in [-0.25, -0.2) is 17.6 Å². The molecule has 3 aromatic rings. The van der Waals surface area contributed by atoms with Gasteiger partial charge in [0.25, 0.3) is 10.0 Å². The maximum Gasteiger partial charge on any atom is 0.340 e. The Hall–Kier alpha value is -3.59. The van der Waals surface area contributed by atoms with Crippen molar-refractivity contribution in [1.29, 1.82) is 0 Å². The zero-order chi connectivity index (χ0) is 21.8. The highest BCUT2D eigenvalue weighted by Gasteiger charge is 2.22. The lowest BCUT2D eigenvalue weighted by Crippen LogP contribution is -2.18. The molecule has 0 amide bonds. The van der Waals surface area contributed by atoms with Crippen LogP contribution >= 0.6 is 0 Å². The third kappa shape index (κ3) is 4.61. The number of nitrogens with one attached hydrogen (secondary N) is 1. The van der Waals surface area contributed by atoms with Crippen LogP contribution in [0, 0.1) is 5.82 Å². The number of carbonyl (C=O) groups is 1. The SMILES string of the molecule is O=C(OCc1ccccc1F)c1ccccc1NS(=O)(=O)c1ccc2c(c1)OCCO2. The van der Waals surface area contributed by atoms with Gasteiger partial charge in [0.05, 0.1) is 16.1 Å². The van der Waals surface area contributed by atoms with Crippen LogP contribution in [0.1, 0.15) is 15.9 Å². The number of fused-ring (bicyclic) bond motifs is 1. The first-order valence-corrected chi connectivity index (χ1v) is 10.8. The van der Waals surface area contributed by atoms with Crippen LogP contribution in [-0.2, 0) is 21.4 Å². The van der Waals surface area contributed by atoms with E-state index in [1.54, 1.807) is 18.2 Å². The Morgan fingerprint density at radius 2 is 1.68 bits per heavy atom. The average Bonchev–Trinajstić information content (AvgIpc) is 2.78. The first kappa shape index (κ1) is 20.7. The summed E-state index contributed by atoms with van der Waals surface area (Å²) >= 11 is 0. The lowest BCUT2D eigenvalue weighted by atomic mass is 10.2. The van der Waals surface area contributed by atoms with Gasteiger partial charge in [-0.2, -0.15) is 0 Å². The third-order valence-electron chi connectivity index (χ3n) is 4.53. The number of para-hydroxylation sites is 1. The van der Waals surface area contributed by atoms with Gasteiger partial charge in [-0.05, 0) is 30.3 Å². The van der Waals surface area contributed by atoms with E-state index < -0.39 is 21.8 Å². The highest BCUT2D eigenvalue weighted by atomic mass is 32.2. The number of sulfonamides is 1. The maximum atomic E-state index is 13.7. The summed E-state index contributed by atoms with van der Waals surface area (Å²) in [6.45, 7) is 0.426. The fourth-order valence-electron chi connectivity index (χ4n) is 2.98. The molecule has 160 valence electrons. The van der Waals surface area contributed by atoms with E-state index in [-0.39, 0.29) is 28.3 Å². The molecule has 0 aromatic heterocycles. The van der Waals surface area contributed by atoms with E-state index in [1.807, 2.05) is 0 Å². The first-order chi connectivity index (χ1) is 14.9. The zero-order valence-corrected chi connectivity index (χ0v) is 17.0. The Morgan fingerprint density at radius 3 is 2.48 bits per heavy atom. The Kier molecular flexibility index (Phi) is 5.77. The molecule has 0 saturated carbocycles. The number of benzene rings is 3. The van der Waals surface area contributed by atoms with Crippen LogP contribution in [0.2, 0.25) is 0 Å². The van der Waals surface area contributed by atoms with Gasteiger partial charge in [-0.1, -0.05) is 30.3 Å². The van der Waals surface area contributed by atoms with Crippen LogP contribution in [0.15, 0.2) is 71.6 Å². The van der Waals surface area contributed by atoms with Gasteiger partial charge in [0.1, 0.15) is 25.6 Å². The summed E-state index contributed by atoms with van der Waals surface area (Å²) in [5.74, 6) is -0.499. The molecule has 0 fully saturated rings. The largest absolute Gasteiger partial charge is 0.486 e. The molecule has 0 saturated heterocycles. The van der Waals surface area contributed by atoms with Gasteiger partial charge in [-0.3, -0.25) is 4.72 Å². The molecule has 7 nitrogen and oxygen atoms in total. The van der Waals surface area contributed by atoms with E-state index in [9.17, 15) is 17.6 Å². The first-order valence-electron chi connectivity index (χ1n) is 9.36. The monoisotopic (exact) mass is 443 g/mol. The van der Waals surface area contributed by atoms with Crippen LogP contribution in [0.4, 0.5) is 10.1 Å². The number of rotatable bonds is 6. The molecule has 0 unspecified atom stereocenters. The summed E-state index contributed by atoms with van der Waals surface area (Å²) in [6.07, 6.45) is 0. The molecule has 1 N–H and O–H groups in total. The fourth-order valence-corrected chi connectivity index (χ4v) is 4.08. The summed E-state index contributed by atoms with van der Waals surface area (Å²) in [5, 5.41) is 0. The molecular weight excluding hydrogens is 425 g/mol. The summed E-state index contributed by atoms with van der Waals surface area (Å²) in [5.41, 5.74) is 0.251. The number of carbonyl (C=O) groups excluding carboxylic acids is 1. The van der Waals surface area contributed by atoms with Crippen molar-refractivity contribution in [3.8, 4) is 11.5 Å². The molecular formula is C22H18FNO6S. The van der Waals surface area contributed by atoms with E-state index >= 15 is 0 Å². The van der Waals surface area contributed by atoms with Crippen LogP contribution in [0.5, 0.6) is 11.5 Å². The van der Waals surface area contributed by atoms with E-state index in [0.717, 1.165) is 0 Å². The number of ether oxygens (including phenoxy) is 3. The van der Waals surface area contributed by atoms with Crippen molar-refractivity contribution in [2.45, 2.75) is 11.5 Å². The smallest absolute Gasteiger partial charge is 0.340 e. The second-order valence-corrected chi connectivity index (χ2v) is 8.31. The minimum atomic E-state index is -4.03. The van der Waals surface area contributed by atoms with E-state index in [2.05, 4.69) is 4.72 Å². The standard InChI is InChI=1S/C22H18FNO6S/c23-18-7-3-1-5-15(18)14-30-22(25)17-6-2-4-8-19(17)24-31(26,27)16-9-10-20-21(13-16)29-12-11-28-20/h1-10,13,24H,11-12,14H2. The third-order valence-corrected chi connectivity index (χ3v) is 5.90. The quantitative estimate of drug-likeness (QED) is 0.584. The van der Waals surface area contributed by atoms with Gasteiger partial charge in [0.2, 0.25) is 0 Å². The summed E-state index contributed by atoms with van der Waals surface area (Å²) in [4.78, 5) is 12.5. The van der Waals surface area contributed by atoms with Gasteiger partial charge < -0.3 is 14.2 Å². The molecule has 0 radical (unpaired) electrons. The van der Waals surface area contributed by atoms with E-state index in [0.29, 0.717) is 24.7 Å². The number of hydrogen-bond donors (Lipinski definition) is 1. The Bertz CT molecular complexity index is 1230. The fraction of sp³-hybridized carbons (Fsp3) is 0.136. The predicted molar refractivity (Wildman–Crippen MR) is 110 cm³/mol. The van der Waals surface area contributed by atoms with Crippen LogP contribution < -0.4 is 14.2 Å². The summed E-state index contributed by atoms with van der Waals surface area (Å²) in [6, 6.07) is 16.2. The van der Waals surface area contributed by atoms with Crippen LogP contribution in [0.3, 0.4) is 0 Å². The number of esters is 1. The Labute approximate surface area is 178 Å². The predicted octanol–water partition coefficient (Wildman–Crippen LogP) is 3.75. The second-order valence-electron chi connectivity index (χ2n) is 6.62. The van der Waals surface area contributed by atoms with Crippen molar-refractivity contribution in [3.63, 3.8) is 0 Å². The van der Waals surface area contributed by atoms with Gasteiger partial charge in [0.15, 0.2) is 11.5 Å². The topological polar surface area (TPSA) is 90.9 Å². The molecule has 3 aromatic carbocycles. The van der Waals surface area contributed by atoms with Gasteiger partial charge in [-0.15, -0.1) is 0 Å². The molecule has 9 heteroatoms. The molecule has 0 bridgehead atoms. The highest BCUT2D eigenvalue weighted by Crippen LogP contribution is 2.33. The minimum absolute atomic E-state index is 0.0000392. The minimum Gasteiger partial charge on any atom is -0.486 e. The van der Waals surface area contributed by atoms with Gasteiger partial charge in [0, 0.05) is 11.6 Å². The van der Waals surface area contributed by atoms with Crippen molar-refractivity contribution in [2.75, 3.05) is 17.9 Å². The molecule has 1 aliphatic heterocycles. The normalized spacial score (nSPS) is 12.8. The van der Waals surface area contributed by atoms with Crippen molar-refractivity contribution in [1.82, 2.24) is 0 Å². The van der Waals surface area contributed by atoms with Crippen molar-refractivity contribution >= 4 is 21.7 Å². The van der Waals surface area contributed by atoms with Crippen LogP contribution in [0.25, 0.3) is 0 Å². The molecule has 1 aliphatic rings. The average molecular weight is 443 g/mol. The number of halogens is 1. The molecule has 1 heterocycles. The lowest BCUT2D eigenvalue weighted by Gasteiger charge is -2.19. The van der Waals surface area contributed by atoms with Crippen molar-refractivity contribution < 1.29 is 31.8 Å². The van der Waals surface area contributed by atoms with Crippen LogP contribution in [-0.4, -0.2) is 27.6 Å². The molecule has 31 heavy (non-hydrogen) atoms.